The van der Waals surface area contributed by atoms with Crippen LogP contribution in [-0.2, 0) is 12.3 Å². The van der Waals surface area contributed by atoms with Gasteiger partial charge in [0.05, 0.1) is 17.6 Å². The number of benzene rings is 1. The van der Waals surface area contributed by atoms with Gasteiger partial charge < -0.3 is 9.09 Å². The van der Waals surface area contributed by atoms with Crippen molar-refractivity contribution in [2.45, 2.75) is 23.6 Å². The van der Waals surface area contributed by atoms with Gasteiger partial charge in [0.1, 0.15) is 12.2 Å². The molecule has 29 heavy (non-hydrogen) atoms. The first-order valence-corrected chi connectivity index (χ1v) is 9.53. The van der Waals surface area contributed by atoms with Crippen LogP contribution in [0.3, 0.4) is 0 Å². The fourth-order valence-corrected chi connectivity index (χ4v) is 3.50. The molecule has 10 heteroatoms. The molecule has 0 saturated heterocycles. The van der Waals surface area contributed by atoms with Crippen molar-refractivity contribution in [1.82, 2.24) is 24.7 Å². The average Bonchev–Trinajstić information content (AvgIpc) is 3.34. The Kier molecular flexibility index (Phi) is 5.34. The van der Waals surface area contributed by atoms with Gasteiger partial charge in [-0.25, -0.2) is 4.98 Å². The first kappa shape index (κ1) is 19.2. The van der Waals surface area contributed by atoms with Crippen LogP contribution in [0.15, 0.2) is 70.6 Å². The van der Waals surface area contributed by atoms with Crippen LogP contribution in [0.25, 0.3) is 22.8 Å². The summed E-state index contributed by atoms with van der Waals surface area (Å²) in [6.45, 7) is -1.14. The molecule has 0 fully saturated rings. The Labute approximate surface area is 167 Å². The van der Waals surface area contributed by atoms with E-state index in [-0.39, 0.29) is 16.8 Å². The van der Waals surface area contributed by atoms with Crippen molar-refractivity contribution in [3.8, 4) is 22.8 Å². The highest BCUT2D eigenvalue weighted by molar-refractivity contribution is 7.98. The third kappa shape index (κ3) is 4.65. The van der Waals surface area contributed by atoms with Crippen LogP contribution in [0.2, 0.25) is 0 Å². The third-order valence-corrected chi connectivity index (χ3v) is 4.89. The second kappa shape index (κ2) is 8.08. The van der Waals surface area contributed by atoms with E-state index in [1.165, 1.54) is 6.20 Å². The number of thioether (sulfide) groups is 1. The molecule has 0 aliphatic carbocycles. The van der Waals surface area contributed by atoms with E-state index >= 15 is 0 Å². The van der Waals surface area contributed by atoms with Crippen molar-refractivity contribution >= 4 is 11.8 Å². The lowest BCUT2D eigenvalue weighted by molar-refractivity contribution is -0.141. The van der Waals surface area contributed by atoms with E-state index in [4.69, 9.17) is 4.52 Å². The lowest BCUT2D eigenvalue weighted by Gasteiger charge is -2.13. The largest absolute Gasteiger partial charge is 0.406 e. The molecule has 0 aliphatic rings. The summed E-state index contributed by atoms with van der Waals surface area (Å²) in [5.41, 5.74) is 1.61. The van der Waals surface area contributed by atoms with Gasteiger partial charge in [-0.2, -0.15) is 18.2 Å². The van der Waals surface area contributed by atoms with E-state index in [0.717, 1.165) is 16.3 Å². The molecule has 0 bridgehead atoms. The molecule has 0 amide bonds. The van der Waals surface area contributed by atoms with Crippen LogP contribution in [0.1, 0.15) is 5.89 Å². The number of hydrogen-bond acceptors (Lipinski definition) is 6. The van der Waals surface area contributed by atoms with Gasteiger partial charge in [0, 0.05) is 6.20 Å². The monoisotopic (exact) mass is 417 g/mol. The maximum Gasteiger partial charge on any atom is 0.406 e. The smallest absolute Gasteiger partial charge is 0.338 e. The van der Waals surface area contributed by atoms with Gasteiger partial charge in [-0.3, -0.25) is 4.98 Å². The van der Waals surface area contributed by atoms with Crippen molar-refractivity contribution in [2.24, 2.45) is 0 Å². The van der Waals surface area contributed by atoms with Crippen molar-refractivity contribution in [1.29, 1.82) is 0 Å². The van der Waals surface area contributed by atoms with E-state index in [1.54, 1.807) is 54.7 Å². The normalized spacial score (nSPS) is 11.7. The Morgan fingerprint density at radius 3 is 2.52 bits per heavy atom. The molecule has 6 nitrogen and oxygen atoms in total. The first-order chi connectivity index (χ1) is 14.0. The molecule has 4 aromatic rings. The van der Waals surface area contributed by atoms with Crippen LogP contribution in [0, 0.1) is 0 Å². The van der Waals surface area contributed by atoms with Crippen molar-refractivity contribution < 1.29 is 17.7 Å². The zero-order valence-corrected chi connectivity index (χ0v) is 15.7. The summed E-state index contributed by atoms with van der Waals surface area (Å²) >= 11 is 1.10. The summed E-state index contributed by atoms with van der Waals surface area (Å²) in [6, 6.07) is 14.1. The van der Waals surface area contributed by atoms with E-state index < -0.39 is 12.7 Å². The number of halogens is 3. The lowest BCUT2D eigenvalue weighted by atomic mass is 10.2. The Hall–Kier alpha value is -3.14. The summed E-state index contributed by atoms with van der Waals surface area (Å²) in [5, 5.41) is 4.09. The van der Waals surface area contributed by atoms with Crippen molar-refractivity contribution in [3.05, 3.63) is 66.8 Å². The number of nitrogens with zero attached hydrogens (tertiary/aromatic N) is 5. The van der Waals surface area contributed by atoms with Crippen LogP contribution < -0.4 is 0 Å². The zero-order chi connectivity index (χ0) is 20.3. The third-order valence-electron chi connectivity index (χ3n) is 3.91. The molecule has 0 saturated carbocycles. The van der Waals surface area contributed by atoms with Gasteiger partial charge in [-0.15, -0.1) is 0 Å². The highest BCUT2D eigenvalue weighted by Crippen LogP contribution is 2.31. The molecular formula is C19H14F3N5OS. The second-order valence-corrected chi connectivity index (χ2v) is 6.95. The molecule has 3 heterocycles. The molecule has 0 spiro atoms. The first-order valence-electron chi connectivity index (χ1n) is 8.54. The van der Waals surface area contributed by atoms with Crippen LogP contribution >= 0.6 is 11.8 Å². The van der Waals surface area contributed by atoms with Crippen molar-refractivity contribution in [3.63, 3.8) is 0 Å². The summed E-state index contributed by atoms with van der Waals surface area (Å²) in [5.74, 6) is 0.784. The van der Waals surface area contributed by atoms with Gasteiger partial charge in [0.15, 0.2) is 5.16 Å². The van der Waals surface area contributed by atoms with Crippen LogP contribution in [0.4, 0.5) is 13.2 Å². The number of alkyl halides is 3. The van der Waals surface area contributed by atoms with Crippen LogP contribution in [-0.4, -0.2) is 30.9 Å². The maximum absolute atomic E-state index is 13.1. The summed E-state index contributed by atoms with van der Waals surface area (Å²) in [4.78, 5) is 12.6. The number of pyridine rings is 1. The summed E-state index contributed by atoms with van der Waals surface area (Å²) in [6.07, 6.45) is -1.33. The fraction of sp³-hybridized carbons (Fsp3) is 0.158. The molecule has 0 aliphatic heterocycles. The Morgan fingerprint density at radius 1 is 1.00 bits per heavy atom. The maximum atomic E-state index is 13.1. The number of rotatable bonds is 6. The second-order valence-electron chi connectivity index (χ2n) is 6.01. The number of hydrogen-bond donors (Lipinski definition) is 0. The molecule has 0 N–H and O–H groups in total. The summed E-state index contributed by atoms with van der Waals surface area (Å²) in [7, 11) is 0. The molecule has 148 valence electrons. The van der Waals surface area contributed by atoms with E-state index in [1.807, 2.05) is 0 Å². The SMILES string of the molecule is FC(F)(F)Cn1c(-c2ccccc2)cnc1SCc1nc(-c2ccccn2)no1. The van der Waals surface area contributed by atoms with E-state index in [0.29, 0.717) is 22.8 Å². The molecular weight excluding hydrogens is 403 g/mol. The highest BCUT2D eigenvalue weighted by Gasteiger charge is 2.31. The fourth-order valence-electron chi connectivity index (χ4n) is 2.68. The van der Waals surface area contributed by atoms with Gasteiger partial charge in [0.25, 0.3) is 0 Å². The molecule has 0 atom stereocenters. The molecule has 0 unspecified atom stereocenters. The minimum atomic E-state index is -4.38. The quantitative estimate of drug-likeness (QED) is 0.418. The minimum Gasteiger partial charge on any atom is -0.338 e. The Morgan fingerprint density at radius 2 is 1.79 bits per heavy atom. The van der Waals surface area contributed by atoms with E-state index in [9.17, 15) is 13.2 Å². The minimum absolute atomic E-state index is 0.183. The standard InChI is InChI=1S/C19H14F3N5OS/c20-19(21,22)12-27-15(13-6-2-1-3-7-13)10-24-18(27)29-11-16-25-17(26-28-16)14-8-4-5-9-23-14/h1-10H,11-12H2. The predicted octanol–water partition coefficient (Wildman–Crippen LogP) is 4.85. The van der Waals surface area contributed by atoms with Gasteiger partial charge >= 0.3 is 6.18 Å². The predicted molar refractivity (Wildman–Crippen MR) is 101 cm³/mol. The lowest BCUT2D eigenvalue weighted by Crippen LogP contribution is -2.19. The van der Waals surface area contributed by atoms with E-state index in [2.05, 4.69) is 20.1 Å². The molecule has 0 radical (unpaired) electrons. The Balaban J connectivity index is 1.56. The Bertz CT molecular complexity index is 1080. The molecule has 3 aromatic heterocycles. The molecule has 1 aromatic carbocycles. The number of imidazole rings is 1. The summed E-state index contributed by atoms with van der Waals surface area (Å²) < 4.78 is 45.8. The highest BCUT2D eigenvalue weighted by atomic mass is 32.2. The van der Waals surface area contributed by atoms with Crippen LogP contribution in [0.5, 0.6) is 0 Å². The average molecular weight is 417 g/mol. The molecule has 4 rings (SSSR count). The zero-order valence-electron chi connectivity index (χ0n) is 14.9. The van der Waals surface area contributed by atoms with Gasteiger partial charge in [-0.1, -0.05) is 53.3 Å². The van der Waals surface area contributed by atoms with Gasteiger partial charge in [-0.05, 0) is 17.7 Å². The number of aromatic nitrogens is 5. The van der Waals surface area contributed by atoms with Gasteiger partial charge in [0.2, 0.25) is 11.7 Å². The van der Waals surface area contributed by atoms with Crippen molar-refractivity contribution in [2.75, 3.05) is 0 Å². The topological polar surface area (TPSA) is 69.6 Å².